The van der Waals surface area contributed by atoms with Crippen molar-refractivity contribution in [3.05, 3.63) is 29.2 Å². The molecule has 0 spiro atoms. The van der Waals surface area contributed by atoms with Gasteiger partial charge in [0.2, 0.25) is 11.8 Å². The summed E-state index contributed by atoms with van der Waals surface area (Å²) in [5.41, 5.74) is 2.53. The Morgan fingerprint density at radius 2 is 2.14 bits per heavy atom. The van der Waals surface area contributed by atoms with E-state index in [4.69, 9.17) is 4.42 Å². The van der Waals surface area contributed by atoms with Gasteiger partial charge in [-0.25, -0.2) is 0 Å². The van der Waals surface area contributed by atoms with E-state index >= 15 is 0 Å². The Balaban J connectivity index is 1.76. The molecule has 1 aliphatic rings. The van der Waals surface area contributed by atoms with Crippen LogP contribution in [-0.4, -0.2) is 37.5 Å². The molecule has 2 atom stereocenters. The molecule has 0 unspecified atom stereocenters. The maximum atomic E-state index is 5.65. The molecule has 0 saturated carbocycles. The molecule has 3 rings (SSSR count). The Morgan fingerprint density at radius 1 is 1.33 bits per heavy atom. The third-order valence-corrected chi connectivity index (χ3v) is 4.69. The molecule has 6 nitrogen and oxygen atoms in total. The highest BCUT2D eigenvalue weighted by atomic mass is 16.4. The molecule has 2 aromatic rings. The van der Waals surface area contributed by atoms with Gasteiger partial charge >= 0.3 is 0 Å². The second-order valence-corrected chi connectivity index (χ2v) is 6.00. The zero-order valence-corrected chi connectivity index (χ0v) is 13.2. The first-order chi connectivity index (χ1) is 10.1. The van der Waals surface area contributed by atoms with Gasteiger partial charge < -0.3 is 4.42 Å². The zero-order valence-electron chi connectivity index (χ0n) is 13.2. The highest BCUT2D eigenvalue weighted by Gasteiger charge is 2.32. The number of aromatic nitrogens is 4. The lowest BCUT2D eigenvalue weighted by Crippen LogP contribution is -2.41. The standard InChI is InChI=1S/C15H23N5O/c1-10-13(8-16-19(10)4)9-20-7-5-6-14(11(20)2)15-18-17-12(3)21-15/h8,11,14H,5-7,9H2,1-4H3/t11-,14-/m0/s1. The minimum Gasteiger partial charge on any atom is -0.425 e. The summed E-state index contributed by atoms with van der Waals surface area (Å²) in [4.78, 5) is 2.50. The highest BCUT2D eigenvalue weighted by molar-refractivity contribution is 5.16. The smallest absolute Gasteiger partial charge is 0.221 e. The van der Waals surface area contributed by atoms with Gasteiger partial charge in [0.25, 0.3) is 0 Å². The molecule has 3 heterocycles. The van der Waals surface area contributed by atoms with Crippen LogP contribution < -0.4 is 0 Å². The third kappa shape index (κ3) is 2.72. The van der Waals surface area contributed by atoms with Crippen LogP contribution in [0.2, 0.25) is 0 Å². The molecule has 0 aliphatic carbocycles. The molecule has 0 bridgehead atoms. The summed E-state index contributed by atoms with van der Waals surface area (Å²) >= 11 is 0. The van der Waals surface area contributed by atoms with Crippen LogP contribution in [0.5, 0.6) is 0 Å². The number of hydrogen-bond donors (Lipinski definition) is 0. The molecule has 1 fully saturated rings. The Hall–Kier alpha value is -1.69. The summed E-state index contributed by atoms with van der Waals surface area (Å²) < 4.78 is 7.59. The van der Waals surface area contributed by atoms with Crippen LogP contribution in [-0.2, 0) is 13.6 Å². The number of piperidine rings is 1. The fourth-order valence-electron chi connectivity index (χ4n) is 3.15. The van der Waals surface area contributed by atoms with Crippen molar-refractivity contribution in [1.82, 2.24) is 24.9 Å². The topological polar surface area (TPSA) is 60.0 Å². The van der Waals surface area contributed by atoms with E-state index in [2.05, 4.69) is 34.0 Å². The van der Waals surface area contributed by atoms with Gasteiger partial charge in [0, 0.05) is 37.8 Å². The lowest BCUT2D eigenvalue weighted by Gasteiger charge is -2.37. The number of rotatable bonds is 3. The quantitative estimate of drug-likeness (QED) is 0.867. The first-order valence-electron chi connectivity index (χ1n) is 7.57. The molecule has 2 aromatic heterocycles. The van der Waals surface area contributed by atoms with Crippen molar-refractivity contribution in [2.24, 2.45) is 7.05 Å². The van der Waals surface area contributed by atoms with E-state index in [0.29, 0.717) is 17.9 Å². The predicted octanol–water partition coefficient (Wildman–Crippen LogP) is 2.19. The molecular formula is C15H23N5O. The average Bonchev–Trinajstić information content (AvgIpc) is 3.02. The molecule has 1 saturated heterocycles. The van der Waals surface area contributed by atoms with E-state index in [1.807, 2.05) is 24.9 Å². The van der Waals surface area contributed by atoms with Crippen molar-refractivity contribution < 1.29 is 4.42 Å². The largest absolute Gasteiger partial charge is 0.425 e. The van der Waals surface area contributed by atoms with Gasteiger partial charge in [0.1, 0.15) is 0 Å². The van der Waals surface area contributed by atoms with Crippen LogP contribution in [0.1, 0.15) is 48.7 Å². The fourth-order valence-corrected chi connectivity index (χ4v) is 3.15. The van der Waals surface area contributed by atoms with Gasteiger partial charge in [-0.2, -0.15) is 5.10 Å². The molecule has 0 N–H and O–H groups in total. The Labute approximate surface area is 125 Å². The Kier molecular flexibility index (Phi) is 3.80. The van der Waals surface area contributed by atoms with Gasteiger partial charge in [-0.05, 0) is 33.2 Å². The number of hydrogen-bond acceptors (Lipinski definition) is 5. The predicted molar refractivity (Wildman–Crippen MR) is 78.8 cm³/mol. The molecule has 21 heavy (non-hydrogen) atoms. The molecule has 0 amide bonds. The van der Waals surface area contributed by atoms with Gasteiger partial charge in [0.15, 0.2) is 0 Å². The van der Waals surface area contributed by atoms with Crippen LogP contribution in [0.15, 0.2) is 10.6 Å². The Bertz CT molecular complexity index is 617. The molecule has 0 aromatic carbocycles. The minimum atomic E-state index is 0.330. The summed E-state index contributed by atoms with van der Waals surface area (Å²) in [6, 6.07) is 0.401. The van der Waals surface area contributed by atoms with Crippen molar-refractivity contribution in [3.8, 4) is 0 Å². The summed E-state index contributed by atoms with van der Waals surface area (Å²) in [7, 11) is 1.99. The summed E-state index contributed by atoms with van der Waals surface area (Å²) in [5, 5.41) is 12.5. The first kappa shape index (κ1) is 14.3. The van der Waals surface area contributed by atoms with Crippen molar-refractivity contribution in [2.75, 3.05) is 6.54 Å². The monoisotopic (exact) mass is 289 g/mol. The maximum Gasteiger partial charge on any atom is 0.221 e. The molecular weight excluding hydrogens is 266 g/mol. The second-order valence-electron chi connectivity index (χ2n) is 6.00. The normalized spacial score (nSPS) is 23.6. The number of nitrogens with zero attached hydrogens (tertiary/aromatic N) is 5. The van der Waals surface area contributed by atoms with E-state index < -0.39 is 0 Å². The van der Waals surface area contributed by atoms with Crippen LogP contribution in [0, 0.1) is 13.8 Å². The van der Waals surface area contributed by atoms with Crippen LogP contribution in [0.3, 0.4) is 0 Å². The van der Waals surface area contributed by atoms with Gasteiger partial charge in [-0.1, -0.05) is 0 Å². The second kappa shape index (κ2) is 5.60. The SMILES string of the molecule is Cc1nnc([C@H]2CCCN(Cc3cnn(C)c3C)[C@H]2C)o1. The third-order valence-electron chi connectivity index (χ3n) is 4.69. The first-order valence-corrected chi connectivity index (χ1v) is 7.57. The molecule has 6 heteroatoms. The van der Waals surface area contributed by atoms with E-state index in [1.54, 1.807) is 0 Å². The van der Waals surface area contributed by atoms with E-state index in [0.717, 1.165) is 31.8 Å². The summed E-state index contributed by atoms with van der Waals surface area (Å²) in [6.45, 7) is 8.27. The van der Waals surface area contributed by atoms with Crippen LogP contribution in [0.25, 0.3) is 0 Å². The Morgan fingerprint density at radius 3 is 2.76 bits per heavy atom. The maximum absolute atomic E-state index is 5.65. The van der Waals surface area contributed by atoms with E-state index in [1.165, 1.54) is 11.3 Å². The number of likely N-dealkylation sites (tertiary alicyclic amines) is 1. The lowest BCUT2D eigenvalue weighted by molar-refractivity contribution is 0.118. The zero-order chi connectivity index (χ0) is 15.0. The highest BCUT2D eigenvalue weighted by Crippen LogP contribution is 2.32. The van der Waals surface area contributed by atoms with Crippen molar-refractivity contribution in [3.63, 3.8) is 0 Å². The van der Waals surface area contributed by atoms with E-state index in [9.17, 15) is 0 Å². The van der Waals surface area contributed by atoms with E-state index in [-0.39, 0.29) is 0 Å². The van der Waals surface area contributed by atoms with Crippen LogP contribution in [0.4, 0.5) is 0 Å². The lowest BCUT2D eigenvalue weighted by atomic mass is 9.90. The molecule has 0 radical (unpaired) electrons. The summed E-state index contributed by atoms with van der Waals surface area (Å²) in [5.74, 6) is 1.77. The minimum absolute atomic E-state index is 0.330. The van der Waals surface area contributed by atoms with Crippen molar-refractivity contribution >= 4 is 0 Å². The van der Waals surface area contributed by atoms with Crippen LogP contribution >= 0.6 is 0 Å². The number of aryl methyl sites for hydroxylation is 2. The molecule has 1 aliphatic heterocycles. The van der Waals surface area contributed by atoms with Crippen molar-refractivity contribution in [1.29, 1.82) is 0 Å². The molecule has 114 valence electrons. The summed E-state index contributed by atoms with van der Waals surface area (Å²) in [6.07, 6.45) is 4.25. The van der Waals surface area contributed by atoms with Crippen molar-refractivity contribution in [2.45, 2.75) is 52.1 Å². The van der Waals surface area contributed by atoms with Gasteiger partial charge in [-0.3, -0.25) is 9.58 Å². The van der Waals surface area contributed by atoms with Gasteiger partial charge in [0.05, 0.1) is 12.1 Å². The van der Waals surface area contributed by atoms with Gasteiger partial charge in [-0.15, -0.1) is 10.2 Å². The fraction of sp³-hybridized carbons (Fsp3) is 0.667. The average molecular weight is 289 g/mol.